The summed E-state index contributed by atoms with van der Waals surface area (Å²) >= 11 is 0. The summed E-state index contributed by atoms with van der Waals surface area (Å²) in [6, 6.07) is 14.6. The lowest BCUT2D eigenvalue weighted by molar-refractivity contribution is 0.415. The van der Waals surface area contributed by atoms with E-state index in [1.165, 1.54) is 6.26 Å². The van der Waals surface area contributed by atoms with Crippen molar-refractivity contribution in [3.8, 4) is 5.75 Å². The summed E-state index contributed by atoms with van der Waals surface area (Å²) in [6.45, 7) is 0.300. The van der Waals surface area contributed by atoms with Crippen LogP contribution >= 0.6 is 0 Å². The molecule has 0 saturated carbocycles. The zero-order valence-electron chi connectivity index (χ0n) is 13.7. The van der Waals surface area contributed by atoms with Gasteiger partial charge in [0.2, 0.25) is 0 Å². The molecule has 0 saturated heterocycles. The third-order valence-corrected chi connectivity index (χ3v) is 4.13. The van der Waals surface area contributed by atoms with E-state index in [9.17, 15) is 8.42 Å². The number of sulfone groups is 1. The van der Waals surface area contributed by atoms with Gasteiger partial charge < -0.3 is 15.8 Å². The first-order valence-corrected chi connectivity index (χ1v) is 9.39. The Kier molecular flexibility index (Phi) is 5.81. The lowest BCUT2D eigenvalue weighted by Crippen LogP contribution is -2.22. The first-order chi connectivity index (χ1) is 11.4. The van der Waals surface area contributed by atoms with Crippen LogP contribution in [-0.2, 0) is 22.1 Å². The zero-order chi connectivity index (χ0) is 17.6. The molecule has 2 rings (SSSR count). The fourth-order valence-electron chi connectivity index (χ4n) is 2.19. The third-order valence-electron chi connectivity index (χ3n) is 3.30. The lowest BCUT2D eigenvalue weighted by Gasteiger charge is -2.09. The first-order valence-electron chi connectivity index (χ1n) is 7.33. The van der Waals surface area contributed by atoms with Gasteiger partial charge in [-0.1, -0.05) is 30.3 Å². The first kappa shape index (κ1) is 17.8. The van der Waals surface area contributed by atoms with Crippen molar-refractivity contribution in [2.24, 2.45) is 10.7 Å². The van der Waals surface area contributed by atoms with Gasteiger partial charge in [0.1, 0.15) is 5.75 Å². The molecule has 0 fully saturated rings. The van der Waals surface area contributed by atoms with E-state index in [-0.39, 0.29) is 11.7 Å². The Morgan fingerprint density at radius 3 is 2.54 bits per heavy atom. The predicted molar refractivity (Wildman–Crippen MR) is 96.9 cm³/mol. The normalized spacial score (nSPS) is 12.0. The molecule has 0 aliphatic carbocycles. The highest BCUT2D eigenvalue weighted by molar-refractivity contribution is 7.89. The lowest BCUT2D eigenvalue weighted by atomic mass is 10.1. The van der Waals surface area contributed by atoms with Gasteiger partial charge in [0.25, 0.3) is 0 Å². The molecule has 0 unspecified atom stereocenters. The molecule has 0 atom stereocenters. The van der Waals surface area contributed by atoms with E-state index in [0.29, 0.717) is 12.3 Å². The highest BCUT2D eigenvalue weighted by Crippen LogP contribution is 2.17. The number of nitrogens with two attached hydrogens (primary N) is 1. The molecule has 0 heterocycles. The van der Waals surface area contributed by atoms with Gasteiger partial charge in [-0.05, 0) is 23.3 Å². The second-order valence-electron chi connectivity index (χ2n) is 5.40. The van der Waals surface area contributed by atoms with E-state index in [2.05, 4.69) is 10.3 Å². The molecule has 0 amide bonds. The zero-order valence-corrected chi connectivity index (χ0v) is 14.5. The molecule has 128 valence electrons. The SMILES string of the molecule is COc1cccc(NC(N)=NCc2ccccc2CS(C)(=O)=O)c1. The van der Waals surface area contributed by atoms with E-state index in [1.54, 1.807) is 19.2 Å². The van der Waals surface area contributed by atoms with Crippen LogP contribution in [0.2, 0.25) is 0 Å². The molecule has 0 radical (unpaired) electrons. The van der Waals surface area contributed by atoms with Crippen LogP contribution in [0.1, 0.15) is 11.1 Å². The van der Waals surface area contributed by atoms with Gasteiger partial charge in [-0.15, -0.1) is 0 Å². The van der Waals surface area contributed by atoms with Crippen molar-refractivity contribution >= 4 is 21.5 Å². The predicted octanol–water partition coefficient (Wildman–Crippen LogP) is 2.17. The molecule has 2 aromatic carbocycles. The summed E-state index contributed by atoms with van der Waals surface area (Å²) < 4.78 is 28.2. The summed E-state index contributed by atoms with van der Waals surface area (Å²) in [6.07, 6.45) is 1.21. The van der Waals surface area contributed by atoms with Crippen LogP contribution in [0.15, 0.2) is 53.5 Å². The van der Waals surface area contributed by atoms with Crippen LogP contribution in [-0.4, -0.2) is 27.7 Å². The smallest absolute Gasteiger partial charge is 0.193 e. The van der Waals surface area contributed by atoms with E-state index in [0.717, 1.165) is 16.8 Å². The number of guanidine groups is 1. The van der Waals surface area contributed by atoms with E-state index >= 15 is 0 Å². The molecule has 0 bridgehead atoms. The molecule has 2 aromatic rings. The van der Waals surface area contributed by atoms with Crippen LogP contribution in [0.25, 0.3) is 0 Å². The maximum Gasteiger partial charge on any atom is 0.193 e. The minimum atomic E-state index is -3.10. The van der Waals surface area contributed by atoms with E-state index < -0.39 is 9.84 Å². The monoisotopic (exact) mass is 347 g/mol. The summed E-state index contributed by atoms with van der Waals surface area (Å²) in [5.41, 5.74) is 8.23. The van der Waals surface area contributed by atoms with Gasteiger partial charge in [0.15, 0.2) is 15.8 Å². The molecule has 3 N–H and O–H groups in total. The Balaban J connectivity index is 2.09. The number of benzene rings is 2. The van der Waals surface area contributed by atoms with Crippen molar-refractivity contribution in [3.05, 3.63) is 59.7 Å². The summed E-state index contributed by atoms with van der Waals surface area (Å²) in [4.78, 5) is 4.28. The Morgan fingerprint density at radius 1 is 1.17 bits per heavy atom. The molecular formula is C17H21N3O3S. The second kappa shape index (κ2) is 7.83. The molecule has 0 aliphatic heterocycles. The maximum absolute atomic E-state index is 11.5. The average molecular weight is 347 g/mol. The number of rotatable bonds is 6. The summed E-state index contributed by atoms with van der Waals surface area (Å²) in [5.74, 6) is 0.950. The molecule has 6 nitrogen and oxygen atoms in total. The molecule has 7 heteroatoms. The minimum absolute atomic E-state index is 0.0120. The number of anilines is 1. The fraction of sp³-hybridized carbons (Fsp3) is 0.235. The topological polar surface area (TPSA) is 93.8 Å². The molecule has 0 aliphatic rings. The molecular weight excluding hydrogens is 326 g/mol. The van der Waals surface area contributed by atoms with Crippen LogP contribution in [0.5, 0.6) is 5.75 Å². The van der Waals surface area contributed by atoms with Gasteiger partial charge >= 0.3 is 0 Å². The van der Waals surface area contributed by atoms with Gasteiger partial charge in [0, 0.05) is 18.0 Å². The number of ether oxygens (including phenoxy) is 1. The Morgan fingerprint density at radius 2 is 1.88 bits per heavy atom. The molecule has 0 aromatic heterocycles. The molecule has 24 heavy (non-hydrogen) atoms. The number of hydrogen-bond acceptors (Lipinski definition) is 4. The van der Waals surface area contributed by atoms with Crippen LogP contribution in [0.3, 0.4) is 0 Å². The van der Waals surface area contributed by atoms with Gasteiger partial charge in [-0.2, -0.15) is 0 Å². The average Bonchev–Trinajstić information content (AvgIpc) is 2.53. The summed E-state index contributed by atoms with van der Waals surface area (Å²) in [5, 5.41) is 2.98. The van der Waals surface area contributed by atoms with Crippen molar-refractivity contribution in [1.82, 2.24) is 0 Å². The van der Waals surface area contributed by atoms with E-state index in [1.807, 2.05) is 36.4 Å². The van der Waals surface area contributed by atoms with Gasteiger partial charge in [-0.25, -0.2) is 13.4 Å². The number of methoxy groups -OCH3 is 1. The van der Waals surface area contributed by atoms with Gasteiger partial charge in [-0.3, -0.25) is 0 Å². The van der Waals surface area contributed by atoms with E-state index in [4.69, 9.17) is 10.5 Å². The van der Waals surface area contributed by atoms with Crippen molar-refractivity contribution in [2.75, 3.05) is 18.7 Å². The summed E-state index contributed by atoms with van der Waals surface area (Å²) in [7, 11) is -1.51. The Bertz CT molecular complexity index is 832. The van der Waals surface area contributed by atoms with Crippen LogP contribution in [0.4, 0.5) is 5.69 Å². The van der Waals surface area contributed by atoms with Crippen molar-refractivity contribution in [2.45, 2.75) is 12.3 Å². The third kappa shape index (κ3) is 5.58. The number of hydrogen-bond donors (Lipinski definition) is 2. The number of nitrogens with one attached hydrogen (secondary N) is 1. The molecule has 0 spiro atoms. The highest BCUT2D eigenvalue weighted by atomic mass is 32.2. The van der Waals surface area contributed by atoms with Crippen LogP contribution in [0, 0.1) is 0 Å². The van der Waals surface area contributed by atoms with Crippen LogP contribution < -0.4 is 15.8 Å². The Labute approximate surface area is 142 Å². The quantitative estimate of drug-likeness (QED) is 0.617. The van der Waals surface area contributed by atoms with Crippen molar-refractivity contribution in [3.63, 3.8) is 0 Å². The van der Waals surface area contributed by atoms with Crippen molar-refractivity contribution < 1.29 is 13.2 Å². The highest BCUT2D eigenvalue weighted by Gasteiger charge is 2.08. The fourth-order valence-corrected chi connectivity index (χ4v) is 3.04. The Hall–Kier alpha value is -2.54. The largest absolute Gasteiger partial charge is 0.497 e. The number of aliphatic imine (C=N–C) groups is 1. The second-order valence-corrected chi connectivity index (χ2v) is 7.54. The standard InChI is InChI=1S/C17H21N3O3S/c1-23-16-9-5-8-15(10-16)20-17(18)19-11-13-6-3-4-7-14(13)12-24(2,21)22/h3-10H,11-12H2,1-2H3,(H3,18,19,20). The van der Waals surface area contributed by atoms with Gasteiger partial charge in [0.05, 0.1) is 19.4 Å². The minimum Gasteiger partial charge on any atom is -0.497 e. The van der Waals surface area contributed by atoms with Crippen molar-refractivity contribution in [1.29, 1.82) is 0 Å². The maximum atomic E-state index is 11.5. The number of nitrogens with zero attached hydrogens (tertiary/aromatic N) is 1.